The molecule has 0 saturated carbocycles. The van der Waals surface area contributed by atoms with Gasteiger partial charge in [0.25, 0.3) is 8.32 Å². The molecule has 232 valence electrons. The quantitative estimate of drug-likeness (QED) is 0.152. The number of rotatable bonds is 11. The minimum absolute atomic E-state index is 0.0846. The van der Waals surface area contributed by atoms with Gasteiger partial charge in [-0.25, -0.2) is 0 Å². The molecule has 5 nitrogen and oxygen atoms in total. The van der Waals surface area contributed by atoms with Crippen molar-refractivity contribution in [1.82, 2.24) is 0 Å². The molecule has 3 rings (SSSR count). The third-order valence-electron chi connectivity index (χ3n) is 9.11. The first-order valence-corrected chi connectivity index (χ1v) is 20.1. The summed E-state index contributed by atoms with van der Waals surface area (Å²) in [5.74, 6) is -1.04. The van der Waals surface area contributed by atoms with Crippen LogP contribution < -0.4 is 10.4 Å². The molecule has 2 atom stereocenters. The summed E-state index contributed by atoms with van der Waals surface area (Å²) in [5, 5.41) is 2.45. The van der Waals surface area contributed by atoms with Gasteiger partial charge in [0.15, 0.2) is 14.1 Å². The topological polar surface area (TPSA) is 54.0 Å². The SMILES string of the molecule is C/C(C[C@H]1OC(C)(C)OC[C@H]1C=O)=C(/CO[Si](C)(C)C(C)(C)C)CO[Si](c1ccccc1)(c1ccccc1)C(C)(C)C. The molecule has 0 bridgehead atoms. The van der Waals surface area contributed by atoms with E-state index in [-0.39, 0.29) is 22.1 Å². The molecule has 2 aromatic rings. The number of hydrogen-bond donors (Lipinski definition) is 0. The van der Waals surface area contributed by atoms with Crippen LogP contribution in [0.3, 0.4) is 0 Å². The molecule has 7 heteroatoms. The fourth-order valence-electron chi connectivity index (χ4n) is 5.39. The first-order chi connectivity index (χ1) is 19.4. The smallest absolute Gasteiger partial charge is 0.261 e. The molecule has 1 heterocycles. The highest BCUT2D eigenvalue weighted by Gasteiger charge is 2.50. The predicted octanol–water partition coefficient (Wildman–Crippen LogP) is 7.26. The van der Waals surface area contributed by atoms with E-state index in [9.17, 15) is 4.79 Å². The van der Waals surface area contributed by atoms with Crippen molar-refractivity contribution in [3.05, 3.63) is 71.8 Å². The molecule has 0 N–H and O–H groups in total. The Morgan fingerprint density at radius 2 is 1.38 bits per heavy atom. The van der Waals surface area contributed by atoms with Crippen LogP contribution in [-0.4, -0.2) is 54.6 Å². The predicted molar refractivity (Wildman–Crippen MR) is 178 cm³/mol. The molecule has 1 fully saturated rings. The number of carbonyl (C=O) groups is 1. The Labute approximate surface area is 257 Å². The van der Waals surface area contributed by atoms with E-state index >= 15 is 0 Å². The monoisotopic (exact) mass is 610 g/mol. The molecule has 1 aliphatic heterocycles. The Hall–Kier alpha value is -1.88. The summed E-state index contributed by atoms with van der Waals surface area (Å²) in [4.78, 5) is 12.0. The zero-order valence-corrected chi connectivity index (χ0v) is 29.9. The van der Waals surface area contributed by atoms with Crippen LogP contribution in [0.1, 0.15) is 68.7 Å². The van der Waals surface area contributed by atoms with Crippen molar-refractivity contribution in [2.24, 2.45) is 5.92 Å². The lowest BCUT2D eigenvalue weighted by atomic mass is 9.94. The molecule has 42 heavy (non-hydrogen) atoms. The fourth-order valence-corrected chi connectivity index (χ4v) is 10.9. The molecule has 0 aliphatic carbocycles. The summed E-state index contributed by atoms with van der Waals surface area (Å²) in [6.45, 7) is 25.5. The van der Waals surface area contributed by atoms with Crippen molar-refractivity contribution in [1.29, 1.82) is 0 Å². The lowest BCUT2D eigenvalue weighted by Crippen LogP contribution is -2.66. The van der Waals surface area contributed by atoms with Gasteiger partial charge < -0.3 is 23.1 Å². The highest BCUT2D eigenvalue weighted by atomic mass is 28.4. The van der Waals surface area contributed by atoms with E-state index < -0.39 is 22.4 Å². The van der Waals surface area contributed by atoms with Gasteiger partial charge in [0, 0.05) is 0 Å². The van der Waals surface area contributed by atoms with E-state index in [1.165, 1.54) is 10.4 Å². The standard InChI is InChI=1S/C35H54O5Si2/c1-27(22-32-28(23-36)24-37-35(8,9)40-32)29(25-38-41(10,11)33(2,3)4)26-39-42(34(5,6)7,30-18-14-12-15-19-30)31-20-16-13-17-21-31/h12-21,23,28,32H,22,24-26H2,1-11H3/b29-27+/t28-,32-/m1/s1. The molecule has 0 spiro atoms. The van der Waals surface area contributed by atoms with Gasteiger partial charge in [-0.1, -0.05) is 108 Å². The van der Waals surface area contributed by atoms with Crippen molar-refractivity contribution >= 4 is 33.3 Å². The summed E-state index contributed by atoms with van der Waals surface area (Å²) in [5.41, 5.74) is 2.28. The molecule has 1 saturated heterocycles. The zero-order chi connectivity index (χ0) is 31.4. The largest absolute Gasteiger partial charge is 0.413 e. The Morgan fingerprint density at radius 1 is 0.881 bits per heavy atom. The van der Waals surface area contributed by atoms with Gasteiger partial charge in [0.1, 0.15) is 6.29 Å². The lowest BCUT2D eigenvalue weighted by molar-refractivity contribution is -0.286. The molecular formula is C35H54O5Si2. The van der Waals surface area contributed by atoms with Crippen LogP contribution in [-0.2, 0) is 23.1 Å². The molecule has 0 aromatic heterocycles. The molecule has 2 aromatic carbocycles. The number of hydrogen-bond acceptors (Lipinski definition) is 5. The van der Waals surface area contributed by atoms with Gasteiger partial charge in [0.05, 0.1) is 31.8 Å². The van der Waals surface area contributed by atoms with Crippen LogP contribution in [0.4, 0.5) is 0 Å². The minimum Gasteiger partial charge on any atom is -0.413 e. The van der Waals surface area contributed by atoms with E-state index in [4.69, 9.17) is 18.3 Å². The number of aldehydes is 1. The first-order valence-electron chi connectivity index (χ1n) is 15.3. The highest BCUT2D eigenvalue weighted by Crippen LogP contribution is 2.39. The average Bonchev–Trinajstić information content (AvgIpc) is 2.90. The second-order valence-corrected chi connectivity index (χ2v) is 23.9. The van der Waals surface area contributed by atoms with Crippen LogP contribution in [0.5, 0.6) is 0 Å². The molecular weight excluding hydrogens is 557 g/mol. The van der Waals surface area contributed by atoms with Crippen LogP contribution >= 0.6 is 0 Å². The summed E-state index contributed by atoms with van der Waals surface area (Å²) in [7, 11) is -4.79. The summed E-state index contributed by atoms with van der Waals surface area (Å²) in [6.07, 6.45) is 1.33. The van der Waals surface area contributed by atoms with E-state index in [0.717, 1.165) is 17.4 Å². The van der Waals surface area contributed by atoms with Crippen molar-refractivity contribution in [2.45, 2.75) is 104 Å². The number of ether oxygens (including phenoxy) is 2. The van der Waals surface area contributed by atoms with Crippen molar-refractivity contribution in [3.63, 3.8) is 0 Å². The van der Waals surface area contributed by atoms with Crippen molar-refractivity contribution in [2.75, 3.05) is 19.8 Å². The normalized spacial score (nSPS) is 20.6. The van der Waals surface area contributed by atoms with Crippen molar-refractivity contribution < 1.29 is 23.1 Å². The maximum atomic E-state index is 12.0. The Bertz CT molecular complexity index is 1150. The summed E-state index contributed by atoms with van der Waals surface area (Å²) in [6, 6.07) is 21.5. The van der Waals surface area contributed by atoms with E-state index in [0.29, 0.717) is 26.2 Å². The van der Waals surface area contributed by atoms with Crippen LogP contribution in [0.2, 0.25) is 23.2 Å². The second kappa shape index (κ2) is 13.4. The van der Waals surface area contributed by atoms with Crippen LogP contribution in [0.15, 0.2) is 71.8 Å². The number of benzene rings is 2. The van der Waals surface area contributed by atoms with Gasteiger partial charge in [-0.15, -0.1) is 0 Å². The van der Waals surface area contributed by atoms with Crippen LogP contribution in [0.25, 0.3) is 0 Å². The van der Waals surface area contributed by atoms with Gasteiger partial charge in [-0.3, -0.25) is 0 Å². The van der Waals surface area contributed by atoms with E-state index in [1.807, 2.05) is 13.8 Å². The zero-order valence-electron chi connectivity index (χ0n) is 27.9. The highest BCUT2D eigenvalue weighted by molar-refractivity contribution is 6.99. The Morgan fingerprint density at radius 3 is 1.83 bits per heavy atom. The second-order valence-electron chi connectivity index (χ2n) is 14.8. The minimum atomic E-state index is -2.75. The Kier molecular flexibility index (Phi) is 11.0. The third kappa shape index (κ3) is 7.98. The maximum Gasteiger partial charge on any atom is 0.261 e. The van der Waals surface area contributed by atoms with Gasteiger partial charge >= 0.3 is 0 Å². The van der Waals surface area contributed by atoms with E-state index in [1.54, 1.807) is 0 Å². The van der Waals surface area contributed by atoms with Crippen molar-refractivity contribution in [3.8, 4) is 0 Å². The van der Waals surface area contributed by atoms with Crippen LogP contribution in [0, 0.1) is 5.92 Å². The summed E-state index contributed by atoms with van der Waals surface area (Å²) >= 11 is 0. The Balaban J connectivity index is 2.07. The number of carbonyl (C=O) groups excluding carboxylic acids is 1. The van der Waals surface area contributed by atoms with E-state index in [2.05, 4.69) is 122 Å². The lowest BCUT2D eigenvalue weighted by Gasteiger charge is -2.43. The fraction of sp³-hybridized carbons (Fsp3) is 0.571. The molecule has 0 amide bonds. The van der Waals surface area contributed by atoms with Gasteiger partial charge in [0.2, 0.25) is 0 Å². The molecule has 0 unspecified atom stereocenters. The average molecular weight is 611 g/mol. The molecule has 0 radical (unpaired) electrons. The maximum absolute atomic E-state index is 12.0. The van der Waals surface area contributed by atoms with Gasteiger partial charge in [-0.05, 0) is 66.3 Å². The van der Waals surface area contributed by atoms with Gasteiger partial charge in [-0.2, -0.15) is 0 Å². The molecule has 1 aliphatic rings. The summed E-state index contributed by atoms with van der Waals surface area (Å²) < 4.78 is 26.2. The third-order valence-corrected chi connectivity index (χ3v) is 18.6. The first kappa shape index (κ1) is 34.6.